The lowest BCUT2D eigenvalue weighted by molar-refractivity contribution is -0.146. The molecule has 6 nitrogen and oxygen atoms in total. The summed E-state index contributed by atoms with van der Waals surface area (Å²) in [7, 11) is 1.64. The predicted molar refractivity (Wildman–Crippen MR) is 150 cm³/mol. The molecule has 3 aromatic carbocycles. The van der Waals surface area contributed by atoms with E-state index in [-0.39, 0.29) is 24.3 Å². The van der Waals surface area contributed by atoms with Gasteiger partial charge < -0.3 is 14.2 Å². The van der Waals surface area contributed by atoms with Crippen LogP contribution in [0.4, 0.5) is 0 Å². The number of methoxy groups -OCH3 is 1. The fraction of sp³-hybridized carbons (Fsp3) is 0.303. The van der Waals surface area contributed by atoms with Crippen LogP contribution in [0.25, 0.3) is 0 Å². The molecular formula is C33H33NO5. The molecule has 1 aliphatic heterocycles. The largest absolute Gasteiger partial charge is 0.497 e. The molecule has 0 saturated heterocycles. The molecule has 3 aromatic rings. The highest BCUT2D eigenvalue weighted by Gasteiger charge is 2.44. The second-order valence-electron chi connectivity index (χ2n) is 9.97. The van der Waals surface area contributed by atoms with Gasteiger partial charge in [-0.15, -0.1) is 0 Å². The third kappa shape index (κ3) is 5.65. The molecule has 1 heterocycles. The molecule has 0 bridgehead atoms. The molecule has 0 fully saturated rings. The van der Waals surface area contributed by atoms with E-state index in [0.717, 1.165) is 33.9 Å². The zero-order chi connectivity index (χ0) is 27.4. The van der Waals surface area contributed by atoms with E-state index in [1.807, 2.05) is 85.8 Å². The monoisotopic (exact) mass is 523 g/mol. The maximum Gasteiger partial charge on any atom is 0.315 e. The van der Waals surface area contributed by atoms with Crippen molar-refractivity contribution in [1.29, 1.82) is 0 Å². The van der Waals surface area contributed by atoms with E-state index in [0.29, 0.717) is 30.7 Å². The summed E-state index contributed by atoms with van der Waals surface area (Å²) in [6.07, 6.45) is 0.999. The summed E-state index contributed by atoms with van der Waals surface area (Å²) in [4.78, 5) is 31.8. The molecule has 39 heavy (non-hydrogen) atoms. The molecule has 3 atom stereocenters. The topological polar surface area (TPSA) is 74.2 Å². The molecule has 200 valence electrons. The van der Waals surface area contributed by atoms with E-state index in [9.17, 15) is 9.59 Å². The van der Waals surface area contributed by atoms with Gasteiger partial charge in [-0.05, 0) is 67.1 Å². The lowest BCUT2D eigenvalue weighted by atomic mass is 9.69. The smallest absolute Gasteiger partial charge is 0.315 e. The summed E-state index contributed by atoms with van der Waals surface area (Å²) in [5.74, 6) is 0.0838. The first-order valence-electron chi connectivity index (χ1n) is 13.4. The SMILES string of the molecule is CCOC(=O)C1C(C)=NC2=C(C(=O)CC(c3ccc(OC)cc3)C2)C1c1ccc(OCc2ccccc2)cc1. The van der Waals surface area contributed by atoms with Crippen molar-refractivity contribution in [2.24, 2.45) is 10.9 Å². The van der Waals surface area contributed by atoms with Crippen molar-refractivity contribution in [2.75, 3.05) is 13.7 Å². The lowest BCUT2D eigenvalue weighted by Crippen LogP contribution is -2.38. The average molecular weight is 524 g/mol. The highest BCUT2D eigenvalue weighted by molar-refractivity contribution is 6.09. The third-order valence-electron chi connectivity index (χ3n) is 7.50. The standard InChI is InChI=1S/C33H33NO5/c1-4-38-33(36)30-21(2)34-28-18-25(23-10-14-26(37-3)15-11-23)19-29(35)32(28)31(30)24-12-16-27(17-13-24)39-20-22-8-6-5-7-9-22/h5-17,25,30-31H,4,18-20H2,1-3H3. The number of aliphatic imine (C=N–C) groups is 1. The number of allylic oxidation sites excluding steroid dienone is 2. The average Bonchev–Trinajstić information content (AvgIpc) is 2.96. The molecule has 1 aliphatic carbocycles. The second kappa shape index (κ2) is 11.7. The Bertz CT molecular complexity index is 1390. The number of nitrogens with zero attached hydrogens (tertiary/aromatic N) is 1. The zero-order valence-corrected chi connectivity index (χ0v) is 22.6. The summed E-state index contributed by atoms with van der Waals surface area (Å²) in [6, 6.07) is 25.5. The van der Waals surface area contributed by atoms with E-state index in [4.69, 9.17) is 19.2 Å². The van der Waals surface area contributed by atoms with Gasteiger partial charge in [0.15, 0.2) is 5.78 Å². The van der Waals surface area contributed by atoms with Crippen molar-refractivity contribution in [2.45, 2.75) is 45.1 Å². The summed E-state index contributed by atoms with van der Waals surface area (Å²) >= 11 is 0. The van der Waals surface area contributed by atoms with Gasteiger partial charge in [0.25, 0.3) is 0 Å². The molecule has 0 radical (unpaired) electrons. The number of hydrogen-bond acceptors (Lipinski definition) is 6. The number of carbonyl (C=O) groups excluding carboxylic acids is 2. The van der Waals surface area contributed by atoms with E-state index < -0.39 is 11.8 Å². The van der Waals surface area contributed by atoms with Gasteiger partial charge >= 0.3 is 5.97 Å². The summed E-state index contributed by atoms with van der Waals surface area (Å²) in [5, 5.41) is 0. The number of benzene rings is 3. The molecule has 0 saturated carbocycles. The van der Waals surface area contributed by atoms with Crippen LogP contribution in [-0.4, -0.2) is 31.2 Å². The molecule has 0 aromatic heterocycles. The molecule has 0 N–H and O–H groups in total. The molecule has 0 amide bonds. The Balaban J connectivity index is 1.46. The van der Waals surface area contributed by atoms with Crippen molar-refractivity contribution in [1.82, 2.24) is 0 Å². The molecule has 6 heteroatoms. The number of ether oxygens (including phenoxy) is 3. The molecule has 2 aliphatic rings. The van der Waals surface area contributed by atoms with E-state index in [1.165, 1.54) is 0 Å². The van der Waals surface area contributed by atoms with Crippen LogP contribution in [0.3, 0.4) is 0 Å². The van der Waals surface area contributed by atoms with Gasteiger partial charge in [-0.2, -0.15) is 0 Å². The van der Waals surface area contributed by atoms with Crippen LogP contribution in [0, 0.1) is 5.92 Å². The minimum Gasteiger partial charge on any atom is -0.497 e. The van der Waals surface area contributed by atoms with Gasteiger partial charge in [-0.1, -0.05) is 54.6 Å². The number of ketones is 1. The Labute approximate surface area is 229 Å². The predicted octanol–water partition coefficient (Wildman–Crippen LogP) is 6.41. The van der Waals surface area contributed by atoms with E-state index in [1.54, 1.807) is 14.0 Å². The van der Waals surface area contributed by atoms with Crippen LogP contribution in [0.15, 0.2) is 95.1 Å². The maximum absolute atomic E-state index is 13.7. The fourth-order valence-electron chi connectivity index (χ4n) is 5.58. The number of hydrogen-bond donors (Lipinski definition) is 0. The van der Waals surface area contributed by atoms with Gasteiger partial charge in [-0.25, -0.2) is 0 Å². The number of Topliss-reactive ketones (excluding diaryl/α,β-unsaturated/α-hetero) is 1. The molecule has 0 spiro atoms. The maximum atomic E-state index is 13.7. The normalized spacial score (nSPS) is 20.6. The van der Waals surface area contributed by atoms with Gasteiger partial charge in [-0.3, -0.25) is 14.6 Å². The van der Waals surface area contributed by atoms with Crippen LogP contribution >= 0.6 is 0 Å². The van der Waals surface area contributed by atoms with Gasteiger partial charge in [0.1, 0.15) is 24.0 Å². The fourth-order valence-corrected chi connectivity index (χ4v) is 5.58. The van der Waals surface area contributed by atoms with Crippen LogP contribution in [0.2, 0.25) is 0 Å². The Kier molecular flexibility index (Phi) is 7.92. The minimum absolute atomic E-state index is 0.0206. The first-order chi connectivity index (χ1) is 19.0. The van der Waals surface area contributed by atoms with Gasteiger partial charge in [0, 0.05) is 29.3 Å². The first kappa shape index (κ1) is 26.4. The highest BCUT2D eigenvalue weighted by atomic mass is 16.5. The number of esters is 1. The van der Waals surface area contributed by atoms with Gasteiger partial charge in [0.05, 0.1) is 13.7 Å². The van der Waals surface area contributed by atoms with Crippen molar-refractivity contribution in [3.05, 3.63) is 107 Å². The Morgan fingerprint density at radius 2 is 1.56 bits per heavy atom. The summed E-state index contributed by atoms with van der Waals surface area (Å²) < 4.78 is 16.7. The van der Waals surface area contributed by atoms with Crippen LogP contribution in [0.1, 0.15) is 55.2 Å². The lowest BCUT2D eigenvalue weighted by Gasteiger charge is -2.36. The zero-order valence-electron chi connectivity index (χ0n) is 22.6. The Hall–Kier alpha value is -4.19. The minimum atomic E-state index is -0.652. The van der Waals surface area contributed by atoms with E-state index >= 15 is 0 Å². The van der Waals surface area contributed by atoms with Crippen molar-refractivity contribution >= 4 is 17.5 Å². The summed E-state index contributed by atoms with van der Waals surface area (Å²) in [6.45, 7) is 4.37. The second-order valence-corrected chi connectivity index (χ2v) is 9.97. The molecule has 5 rings (SSSR count). The molecular weight excluding hydrogens is 490 g/mol. The Morgan fingerprint density at radius 3 is 2.23 bits per heavy atom. The quantitative estimate of drug-likeness (QED) is 0.319. The number of carbonyl (C=O) groups is 2. The van der Waals surface area contributed by atoms with E-state index in [2.05, 4.69) is 0 Å². The van der Waals surface area contributed by atoms with Gasteiger partial charge in [0.2, 0.25) is 0 Å². The first-order valence-corrected chi connectivity index (χ1v) is 13.4. The van der Waals surface area contributed by atoms with Crippen molar-refractivity contribution in [3.8, 4) is 11.5 Å². The third-order valence-corrected chi connectivity index (χ3v) is 7.50. The van der Waals surface area contributed by atoms with Crippen molar-refractivity contribution < 1.29 is 23.8 Å². The number of rotatable bonds is 8. The van der Waals surface area contributed by atoms with Crippen LogP contribution in [0.5, 0.6) is 11.5 Å². The summed E-state index contributed by atoms with van der Waals surface area (Å²) in [5.41, 5.74) is 5.09. The molecule has 3 unspecified atom stereocenters. The van der Waals surface area contributed by atoms with Crippen LogP contribution < -0.4 is 9.47 Å². The highest BCUT2D eigenvalue weighted by Crippen LogP contribution is 2.47. The van der Waals surface area contributed by atoms with Crippen molar-refractivity contribution in [3.63, 3.8) is 0 Å². The van der Waals surface area contributed by atoms with Crippen LogP contribution in [-0.2, 0) is 20.9 Å². The Morgan fingerprint density at radius 1 is 0.897 bits per heavy atom.